The highest BCUT2D eigenvalue weighted by atomic mass is 31.2. The van der Waals surface area contributed by atoms with Crippen LogP contribution in [0.5, 0.6) is 0 Å². The number of aliphatic carboxylic acids is 1. The lowest BCUT2D eigenvalue weighted by Gasteiger charge is -2.29. The molecule has 2 aromatic carbocycles. The van der Waals surface area contributed by atoms with Gasteiger partial charge in [-0.2, -0.15) is 0 Å². The van der Waals surface area contributed by atoms with Crippen LogP contribution in [0.4, 0.5) is 15.3 Å². The molecule has 3 atom stereocenters. The van der Waals surface area contributed by atoms with Crippen molar-refractivity contribution in [3.63, 3.8) is 0 Å². The van der Waals surface area contributed by atoms with Gasteiger partial charge in [0.1, 0.15) is 18.0 Å². The SMILES string of the molecule is Cc1c(NC(=O)OC(C)(C)C)cccc1C(OP(=O)(O)C(NC(=O)OCc1ccccc1)C(C)C)C(=O)O. The van der Waals surface area contributed by atoms with Gasteiger partial charge >= 0.3 is 25.8 Å². The second-order valence-corrected chi connectivity index (χ2v) is 11.8. The molecule has 0 aliphatic rings. The van der Waals surface area contributed by atoms with Crippen molar-refractivity contribution in [3.05, 3.63) is 65.2 Å². The first-order valence-corrected chi connectivity index (χ1v) is 13.6. The van der Waals surface area contributed by atoms with Gasteiger partial charge in [0.2, 0.25) is 0 Å². The molecule has 0 saturated carbocycles. The van der Waals surface area contributed by atoms with Crippen LogP contribution >= 0.6 is 7.60 Å². The number of rotatable bonds is 10. The summed E-state index contributed by atoms with van der Waals surface area (Å²) in [4.78, 5) is 47.5. The minimum Gasteiger partial charge on any atom is -0.479 e. The Kier molecular flexibility index (Phi) is 10.5. The molecule has 3 unspecified atom stereocenters. The van der Waals surface area contributed by atoms with Gasteiger partial charge in [-0.25, -0.2) is 14.4 Å². The molecule has 4 N–H and O–H groups in total. The molecule has 2 aromatic rings. The maximum Gasteiger partial charge on any atom is 0.412 e. The fourth-order valence-corrected chi connectivity index (χ4v) is 5.11. The summed E-state index contributed by atoms with van der Waals surface area (Å²) < 4.78 is 29.0. The van der Waals surface area contributed by atoms with E-state index in [1.165, 1.54) is 25.1 Å². The second kappa shape index (κ2) is 12.9. The Hall–Kier alpha value is -3.40. The first kappa shape index (κ1) is 30.8. The quantitative estimate of drug-likeness (QED) is 0.277. The third-order valence-electron chi connectivity index (χ3n) is 5.24. The van der Waals surface area contributed by atoms with Crippen LogP contribution in [0.1, 0.15) is 57.4 Å². The molecular weight excluding hydrogens is 515 g/mol. The summed E-state index contributed by atoms with van der Waals surface area (Å²) in [6.45, 7) is 9.69. The highest BCUT2D eigenvalue weighted by Crippen LogP contribution is 2.53. The van der Waals surface area contributed by atoms with Gasteiger partial charge < -0.3 is 24.8 Å². The van der Waals surface area contributed by atoms with E-state index in [0.29, 0.717) is 11.1 Å². The minimum absolute atomic E-state index is 0.0366. The van der Waals surface area contributed by atoms with E-state index in [2.05, 4.69) is 10.6 Å². The lowest BCUT2D eigenvalue weighted by Crippen LogP contribution is -2.39. The molecule has 0 spiro atoms. The average Bonchev–Trinajstić information content (AvgIpc) is 2.80. The van der Waals surface area contributed by atoms with E-state index in [9.17, 15) is 28.9 Å². The number of anilines is 1. The van der Waals surface area contributed by atoms with Crippen molar-refractivity contribution in [3.8, 4) is 0 Å². The molecule has 208 valence electrons. The van der Waals surface area contributed by atoms with Crippen LogP contribution in [0.15, 0.2) is 48.5 Å². The van der Waals surface area contributed by atoms with Gasteiger partial charge in [0, 0.05) is 5.69 Å². The molecule has 0 heterocycles. The van der Waals surface area contributed by atoms with E-state index in [0.717, 1.165) is 0 Å². The van der Waals surface area contributed by atoms with Crippen molar-refractivity contribution in [1.82, 2.24) is 5.32 Å². The molecule has 2 amide bonds. The molecule has 2 rings (SSSR count). The molecular formula is C26H35N2O9P. The first-order chi connectivity index (χ1) is 17.6. The van der Waals surface area contributed by atoms with E-state index in [4.69, 9.17) is 14.0 Å². The standard InChI is InChI=1S/C26H35N2O9P/c1-16(2)22(28-24(31)35-15-18-11-8-7-9-12-18)38(33,34)37-21(23(29)30)19-13-10-14-20(17(19)3)27-25(32)36-26(4,5)6/h7-14,16,21-22H,15H2,1-6H3,(H,27,32)(H,28,31)(H,29,30)(H,33,34). The van der Waals surface area contributed by atoms with Gasteiger partial charge in [0.05, 0.1) is 0 Å². The molecule has 12 heteroatoms. The Balaban J connectivity index is 2.23. The molecule has 38 heavy (non-hydrogen) atoms. The molecule has 0 saturated heterocycles. The fraction of sp³-hybridized carbons (Fsp3) is 0.423. The summed E-state index contributed by atoms with van der Waals surface area (Å²) in [6.07, 6.45) is -3.59. The molecule has 0 aliphatic carbocycles. The number of alkyl carbamates (subject to hydrolysis) is 1. The number of carboxylic acids is 1. The zero-order chi connectivity index (χ0) is 28.7. The van der Waals surface area contributed by atoms with Crippen LogP contribution in [0.25, 0.3) is 0 Å². The predicted molar refractivity (Wildman–Crippen MR) is 141 cm³/mol. The Bertz CT molecular complexity index is 1180. The van der Waals surface area contributed by atoms with Gasteiger partial charge in [-0.05, 0) is 56.4 Å². The second-order valence-electron chi connectivity index (χ2n) is 9.93. The zero-order valence-corrected chi connectivity index (χ0v) is 23.2. The number of carboxylic acid groups (broad SMARTS) is 1. The van der Waals surface area contributed by atoms with E-state index >= 15 is 0 Å². The number of benzene rings is 2. The highest BCUT2D eigenvalue weighted by Gasteiger charge is 2.41. The van der Waals surface area contributed by atoms with Crippen molar-refractivity contribution in [2.75, 3.05) is 5.32 Å². The number of nitrogens with one attached hydrogen (secondary N) is 2. The van der Waals surface area contributed by atoms with Crippen molar-refractivity contribution in [2.45, 2.75) is 65.6 Å². The van der Waals surface area contributed by atoms with Crippen molar-refractivity contribution >= 4 is 31.4 Å². The van der Waals surface area contributed by atoms with Crippen LogP contribution in [-0.2, 0) is 30.0 Å². The van der Waals surface area contributed by atoms with Crippen molar-refractivity contribution in [1.29, 1.82) is 0 Å². The summed E-state index contributed by atoms with van der Waals surface area (Å²) in [5.74, 6) is -3.62. The molecule has 11 nitrogen and oxygen atoms in total. The van der Waals surface area contributed by atoms with Crippen LogP contribution in [0, 0.1) is 12.8 Å². The first-order valence-electron chi connectivity index (χ1n) is 11.9. The van der Waals surface area contributed by atoms with Crippen LogP contribution < -0.4 is 10.6 Å². The minimum atomic E-state index is -4.78. The lowest BCUT2D eigenvalue weighted by molar-refractivity contribution is -0.145. The fourth-order valence-electron chi connectivity index (χ4n) is 3.45. The zero-order valence-electron chi connectivity index (χ0n) is 22.3. The Morgan fingerprint density at radius 1 is 1.00 bits per heavy atom. The largest absolute Gasteiger partial charge is 0.479 e. The average molecular weight is 551 g/mol. The maximum atomic E-state index is 13.3. The Labute approximate surface area is 222 Å². The van der Waals surface area contributed by atoms with Gasteiger partial charge in [-0.3, -0.25) is 14.4 Å². The van der Waals surface area contributed by atoms with E-state index in [1.54, 1.807) is 58.9 Å². The maximum absolute atomic E-state index is 13.3. The molecule has 0 fully saturated rings. The van der Waals surface area contributed by atoms with Crippen LogP contribution in [0.3, 0.4) is 0 Å². The summed E-state index contributed by atoms with van der Waals surface area (Å²) >= 11 is 0. The van der Waals surface area contributed by atoms with Gasteiger partial charge in [-0.1, -0.05) is 56.3 Å². The van der Waals surface area contributed by atoms with Crippen LogP contribution in [0.2, 0.25) is 0 Å². The predicted octanol–water partition coefficient (Wildman–Crippen LogP) is 5.58. The number of carbonyl (C=O) groups is 3. The normalized spacial score (nSPS) is 14.6. The molecule has 0 radical (unpaired) electrons. The van der Waals surface area contributed by atoms with Gasteiger partial charge in [-0.15, -0.1) is 0 Å². The Morgan fingerprint density at radius 3 is 2.18 bits per heavy atom. The summed E-state index contributed by atoms with van der Waals surface area (Å²) in [7, 11) is -4.78. The van der Waals surface area contributed by atoms with E-state index in [1.807, 2.05) is 6.07 Å². The van der Waals surface area contributed by atoms with Crippen LogP contribution in [-0.4, -0.2) is 39.5 Å². The topological polar surface area (TPSA) is 160 Å². The monoisotopic (exact) mass is 550 g/mol. The number of hydrogen-bond acceptors (Lipinski definition) is 7. The highest BCUT2D eigenvalue weighted by molar-refractivity contribution is 7.53. The molecule has 0 bridgehead atoms. The van der Waals surface area contributed by atoms with Crippen molar-refractivity contribution in [2.24, 2.45) is 5.92 Å². The lowest BCUT2D eigenvalue weighted by atomic mass is 10.0. The molecule has 0 aliphatic heterocycles. The summed E-state index contributed by atoms with van der Waals surface area (Å²) in [5, 5.41) is 14.7. The smallest absolute Gasteiger partial charge is 0.412 e. The number of ether oxygens (including phenoxy) is 2. The van der Waals surface area contributed by atoms with E-state index < -0.39 is 49.2 Å². The summed E-state index contributed by atoms with van der Waals surface area (Å²) in [6, 6.07) is 13.3. The number of carbonyl (C=O) groups excluding carboxylic acids is 2. The Morgan fingerprint density at radius 2 is 1.63 bits per heavy atom. The third kappa shape index (κ3) is 9.16. The van der Waals surface area contributed by atoms with Gasteiger partial charge in [0.25, 0.3) is 0 Å². The third-order valence-corrected chi connectivity index (χ3v) is 7.18. The van der Waals surface area contributed by atoms with Gasteiger partial charge in [0.15, 0.2) is 6.10 Å². The summed E-state index contributed by atoms with van der Waals surface area (Å²) in [5.41, 5.74) is 0.528. The van der Waals surface area contributed by atoms with E-state index in [-0.39, 0.29) is 17.9 Å². The van der Waals surface area contributed by atoms with Crippen molar-refractivity contribution < 1.29 is 42.9 Å². The molecule has 0 aromatic heterocycles. The number of amides is 2. The number of hydrogen-bond donors (Lipinski definition) is 4.